The lowest BCUT2D eigenvalue weighted by Crippen LogP contribution is -2.28. The van der Waals surface area contributed by atoms with Gasteiger partial charge in [0.2, 0.25) is 0 Å². The fourth-order valence-corrected chi connectivity index (χ4v) is 2.48. The maximum atomic E-state index is 12.7. The molecule has 7 heteroatoms. The van der Waals surface area contributed by atoms with Crippen molar-refractivity contribution in [2.45, 2.75) is 26.6 Å². The molecule has 1 N–H and O–H groups in total. The van der Waals surface area contributed by atoms with Crippen LogP contribution in [0.1, 0.15) is 22.3 Å². The first kappa shape index (κ1) is 19.3. The fraction of sp³-hybridized carbons (Fsp3) is 0.278. The van der Waals surface area contributed by atoms with Crippen LogP contribution >= 0.6 is 15.9 Å². The third-order valence-electron chi connectivity index (χ3n) is 3.52. The van der Waals surface area contributed by atoms with Crippen molar-refractivity contribution >= 4 is 21.8 Å². The van der Waals surface area contributed by atoms with Crippen LogP contribution < -0.4 is 10.1 Å². The van der Waals surface area contributed by atoms with Crippen LogP contribution in [0.4, 0.5) is 13.2 Å². The Morgan fingerprint density at radius 1 is 1.16 bits per heavy atom. The van der Waals surface area contributed by atoms with E-state index in [9.17, 15) is 18.0 Å². The first-order chi connectivity index (χ1) is 11.7. The van der Waals surface area contributed by atoms with Crippen LogP contribution in [0, 0.1) is 13.8 Å². The molecule has 0 spiro atoms. The average molecular weight is 416 g/mol. The Morgan fingerprint density at radius 3 is 2.40 bits per heavy atom. The molecular formula is C18H17BrF3NO2. The molecule has 0 unspecified atom stereocenters. The Morgan fingerprint density at radius 2 is 1.80 bits per heavy atom. The van der Waals surface area contributed by atoms with Gasteiger partial charge in [-0.3, -0.25) is 4.79 Å². The Balaban J connectivity index is 1.89. The summed E-state index contributed by atoms with van der Waals surface area (Å²) in [5, 5.41) is 2.55. The number of hydrogen-bond donors (Lipinski definition) is 1. The molecule has 3 nitrogen and oxygen atoms in total. The highest BCUT2D eigenvalue weighted by molar-refractivity contribution is 9.10. The fourth-order valence-electron chi connectivity index (χ4n) is 2.25. The van der Waals surface area contributed by atoms with Crippen molar-refractivity contribution in [1.29, 1.82) is 0 Å². The van der Waals surface area contributed by atoms with Gasteiger partial charge in [0.1, 0.15) is 5.75 Å². The van der Waals surface area contributed by atoms with Gasteiger partial charge in [-0.2, -0.15) is 13.2 Å². The number of halogens is 4. The number of carbonyl (C=O) groups excluding carboxylic acids is 1. The van der Waals surface area contributed by atoms with Crippen LogP contribution in [0.15, 0.2) is 40.9 Å². The van der Waals surface area contributed by atoms with Gasteiger partial charge < -0.3 is 10.1 Å². The van der Waals surface area contributed by atoms with Gasteiger partial charge in [0.15, 0.2) is 6.61 Å². The number of ether oxygens (including phenoxy) is 1. The molecule has 2 aromatic carbocycles. The largest absolute Gasteiger partial charge is 0.484 e. The van der Waals surface area contributed by atoms with Crippen molar-refractivity contribution in [2.75, 3.05) is 6.61 Å². The highest BCUT2D eigenvalue weighted by Gasteiger charge is 2.30. The number of hydrogen-bond acceptors (Lipinski definition) is 2. The normalized spacial score (nSPS) is 11.3. The van der Waals surface area contributed by atoms with Crippen LogP contribution in [0.2, 0.25) is 0 Å². The summed E-state index contributed by atoms with van der Waals surface area (Å²) in [4.78, 5) is 11.8. The number of aryl methyl sites for hydroxylation is 2. The van der Waals surface area contributed by atoms with Crippen molar-refractivity contribution in [3.63, 3.8) is 0 Å². The molecule has 0 fully saturated rings. The van der Waals surface area contributed by atoms with Crippen LogP contribution in [0.5, 0.6) is 5.75 Å². The van der Waals surface area contributed by atoms with E-state index in [1.54, 1.807) is 12.1 Å². The molecule has 0 aliphatic carbocycles. The van der Waals surface area contributed by atoms with E-state index >= 15 is 0 Å². The highest BCUT2D eigenvalue weighted by atomic mass is 79.9. The van der Waals surface area contributed by atoms with Gasteiger partial charge in [-0.05, 0) is 54.8 Å². The highest BCUT2D eigenvalue weighted by Crippen LogP contribution is 2.29. The molecule has 1 amide bonds. The van der Waals surface area contributed by atoms with E-state index in [1.807, 2.05) is 13.8 Å². The van der Waals surface area contributed by atoms with Gasteiger partial charge in [-0.1, -0.05) is 28.1 Å². The first-order valence-corrected chi connectivity index (χ1v) is 8.28. The minimum absolute atomic E-state index is 0.00447. The summed E-state index contributed by atoms with van der Waals surface area (Å²) in [5.74, 6) is 0.156. The number of carbonyl (C=O) groups is 1. The van der Waals surface area contributed by atoms with E-state index in [1.165, 1.54) is 12.1 Å². The minimum Gasteiger partial charge on any atom is -0.484 e. The van der Waals surface area contributed by atoms with Crippen LogP contribution in [0.25, 0.3) is 0 Å². The molecule has 25 heavy (non-hydrogen) atoms. The van der Waals surface area contributed by atoms with Crippen molar-refractivity contribution < 1.29 is 22.7 Å². The molecule has 0 aromatic heterocycles. The number of amides is 1. The van der Waals surface area contributed by atoms with Crippen molar-refractivity contribution in [1.82, 2.24) is 5.32 Å². The first-order valence-electron chi connectivity index (χ1n) is 7.49. The molecule has 0 saturated carbocycles. The minimum atomic E-state index is -4.40. The van der Waals surface area contributed by atoms with Crippen molar-refractivity contribution in [2.24, 2.45) is 0 Å². The lowest BCUT2D eigenvalue weighted by molar-refractivity contribution is -0.137. The monoisotopic (exact) mass is 415 g/mol. The Labute approximate surface area is 152 Å². The van der Waals surface area contributed by atoms with Crippen LogP contribution in [-0.4, -0.2) is 12.5 Å². The standard InChI is InChI=1S/C18H17BrF3NO2/c1-11-6-15(7-12(2)17(11)19)25-10-16(24)23-9-13-4-3-5-14(8-13)18(20,21)22/h3-8H,9-10H2,1-2H3,(H,23,24). The predicted octanol–water partition coefficient (Wildman–Crippen LogP) is 4.78. The van der Waals surface area contributed by atoms with Gasteiger partial charge in [-0.15, -0.1) is 0 Å². The molecule has 2 aromatic rings. The average Bonchev–Trinajstić information content (AvgIpc) is 2.55. The second-order valence-electron chi connectivity index (χ2n) is 5.63. The summed E-state index contributed by atoms with van der Waals surface area (Å²) < 4.78 is 44.4. The van der Waals surface area contributed by atoms with Crippen LogP contribution in [-0.2, 0) is 17.5 Å². The van der Waals surface area contributed by atoms with Crippen molar-refractivity contribution in [3.05, 3.63) is 63.1 Å². The number of alkyl halides is 3. The van der Waals surface area contributed by atoms with E-state index in [0.29, 0.717) is 11.3 Å². The maximum absolute atomic E-state index is 12.7. The number of benzene rings is 2. The summed E-state index contributed by atoms with van der Waals surface area (Å²) in [6.07, 6.45) is -4.40. The Kier molecular flexibility index (Phi) is 6.11. The molecule has 0 aliphatic rings. The maximum Gasteiger partial charge on any atom is 0.416 e. The third kappa shape index (κ3) is 5.49. The summed E-state index contributed by atoms with van der Waals surface area (Å²) >= 11 is 3.45. The predicted molar refractivity (Wildman–Crippen MR) is 92.4 cm³/mol. The smallest absolute Gasteiger partial charge is 0.416 e. The second kappa shape index (κ2) is 7.91. The molecular weight excluding hydrogens is 399 g/mol. The van der Waals surface area contributed by atoms with Crippen LogP contribution in [0.3, 0.4) is 0 Å². The number of nitrogens with one attached hydrogen (secondary N) is 1. The molecule has 0 saturated heterocycles. The second-order valence-corrected chi connectivity index (χ2v) is 6.43. The lowest BCUT2D eigenvalue weighted by Gasteiger charge is -2.11. The Bertz CT molecular complexity index is 752. The molecule has 0 radical (unpaired) electrons. The summed E-state index contributed by atoms with van der Waals surface area (Å²) in [7, 11) is 0. The van der Waals surface area contributed by atoms with Crippen molar-refractivity contribution in [3.8, 4) is 5.75 Å². The zero-order valence-electron chi connectivity index (χ0n) is 13.7. The summed E-state index contributed by atoms with van der Waals surface area (Å²) in [6, 6.07) is 8.45. The van der Waals surface area contributed by atoms with Gasteiger partial charge in [0.25, 0.3) is 5.91 Å². The SMILES string of the molecule is Cc1cc(OCC(=O)NCc2cccc(C(F)(F)F)c2)cc(C)c1Br. The molecule has 134 valence electrons. The van der Waals surface area contributed by atoms with Gasteiger partial charge >= 0.3 is 6.18 Å². The zero-order valence-corrected chi connectivity index (χ0v) is 15.3. The quantitative estimate of drug-likeness (QED) is 0.762. The van der Waals surface area contributed by atoms with E-state index in [0.717, 1.165) is 27.7 Å². The summed E-state index contributed by atoms with van der Waals surface area (Å²) in [6.45, 7) is 3.62. The van der Waals surface area contributed by atoms with E-state index in [-0.39, 0.29) is 13.2 Å². The zero-order chi connectivity index (χ0) is 18.6. The van der Waals surface area contributed by atoms with E-state index in [4.69, 9.17) is 4.74 Å². The summed E-state index contributed by atoms with van der Waals surface area (Å²) in [5.41, 5.74) is 1.61. The van der Waals surface area contributed by atoms with E-state index < -0.39 is 17.6 Å². The Hall–Kier alpha value is -2.02. The molecule has 0 atom stereocenters. The third-order valence-corrected chi connectivity index (χ3v) is 4.77. The van der Waals surface area contributed by atoms with E-state index in [2.05, 4.69) is 21.2 Å². The lowest BCUT2D eigenvalue weighted by atomic mass is 10.1. The van der Waals surface area contributed by atoms with Gasteiger partial charge in [-0.25, -0.2) is 0 Å². The molecule has 0 heterocycles. The molecule has 2 rings (SSSR count). The molecule has 0 aliphatic heterocycles. The topological polar surface area (TPSA) is 38.3 Å². The number of rotatable bonds is 5. The molecule has 0 bridgehead atoms. The van der Waals surface area contributed by atoms with Gasteiger partial charge in [0, 0.05) is 11.0 Å². The van der Waals surface area contributed by atoms with Gasteiger partial charge in [0.05, 0.1) is 5.56 Å².